The van der Waals surface area contributed by atoms with Gasteiger partial charge in [0.15, 0.2) is 0 Å². The van der Waals surface area contributed by atoms with Crippen molar-refractivity contribution < 1.29 is 9.53 Å². The van der Waals surface area contributed by atoms with Gasteiger partial charge in [-0.15, -0.1) is 0 Å². The zero-order valence-corrected chi connectivity index (χ0v) is 15.8. The second-order valence-corrected chi connectivity index (χ2v) is 7.17. The third kappa shape index (κ3) is 5.58. The van der Waals surface area contributed by atoms with Gasteiger partial charge in [0, 0.05) is 24.4 Å². The molecule has 2 aromatic rings. The highest BCUT2D eigenvalue weighted by molar-refractivity contribution is 6.31. The van der Waals surface area contributed by atoms with Crippen LogP contribution in [-0.2, 0) is 11.3 Å². The number of carbonyl (C=O) groups is 1. The predicted octanol–water partition coefficient (Wildman–Crippen LogP) is 4.05. The highest BCUT2D eigenvalue weighted by atomic mass is 35.5. The van der Waals surface area contributed by atoms with Gasteiger partial charge >= 0.3 is 0 Å². The number of hydrogen-bond acceptors (Lipinski definition) is 3. The molecule has 1 N–H and O–H groups in total. The molecule has 140 valence electrons. The summed E-state index contributed by atoms with van der Waals surface area (Å²) in [5, 5.41) is 7.88. The molecule has 5 nitrogen and oxygen atoms in total. The lowest BCUT2D eigenvalue weighted by Gasteiger charge is -2.21. The lowest BCUT2D eigenvalue weighted by atomic mass is 9.98. The highest BCUT2D eigenvalue weighted by Crippen LogP contribution is 2.20. The first kappa shape index (κ1) is 18.9. The van der Waals surface area contributed by atoms with E-state index in [1.165, 1.54) is 32.1 Å². The van der Waals surface area contributed by atoms with Gasteiger partial charge in [-0.05, 0) is 30.9 Å². The number of nitrogens with zero attached hydrogens (tertiary/aromatic N) is 2. The van der Waals surface area contributed by atoms with Crippen molar-refractivity contribution in [3.8, 4) is 0 Å². The van der Waals surface area contributed by atoms with Crippen LogP contribution in [0.3, 0.4) is 0 Å². The highest BCUT2D eigenvalue weighted by Gasteiger charge is 2.13. The molecule has 0 radical (unpaired) electrons. The maximum absolute atomic E-state index is 12.2. The monoisotopic (exact) mass is 375 g/mol. The van der Waals surface area contributed by atoms with Crippen LogP contribution in [0.1, 0.15) is 54.4 Å². The van der Waals surface area contributed by atoms with Crippen LogP contribution in [0.15, 0.2) is 36.7 Å². The average Bonchev–Trinajstić information content (AvgIpc) is 3.13. The van der Waals surface area contributed by atoms with E-state index in [9.17, 15) is 4.79 Å². The van der Waals surface area contributed by atoms with Crippen LogP contribution in [0.25, 0.3) is 0 Å². The molecule has 1 fully saturated rings. The largest absolute Gasteiger partial charge is 0.378 e. The molecule has 6 heteroatoms. The smallest absolute Gasteiger partial charge is 0.254 e. The molecule has 1 aromatic carbocycles. The number of carbonyl (C=O) groups excluding carboxylic acids is 1. The van der Waals surface area contributed by atoms with Crippen LogP contribution in [-0.4, -0.2) is 34.9 Å². The van der Waals surface area contributed by atoms with Crippen LogP contribution in [0.5, 0.6) is 0 Å². The minimum absolute atomic E-state index is 0.104. The van der Waals surface area contributed by atoms with E-state index in [2.05, 4.69) is 10.4 Å². The summed E-state index contributed by atoms with van der Waals surface area (Å²) >= 11 is 6.17. The molecule has 0 aliphatic heterocycles. The van der Waals surface area contributed by atoms with E-state index in [-0.39, 0.29) is 5.91 Å². The molecule has 0 spiro atoms. The number of amides is 1. The predicted molar refractivity (Wildman–Crippen MR) is 103 cm³/mol. The molecule has 26 heavy (non-hydrogen) atoms. The average molecular weight is 376 g/mol. The second kappa shape index (κ2) is 9.74. The standard InChI is InChI=1S/C20H26ClN3O2/c21-19-10-5-4-7-16(19)14-24-15-17(13-23-24)20(25)22-11-6-12-26-18-8-2-1-3-9-18/h4-5,7,10,13,15,18H,1-3,6,8-9,11-12,14H2,(H,22,25). The van der Waals surface area contributed by atoms with Gasteiger partial charge in [0.05, 0.1) is 24.4 Å². The minimum Gasteiger partial charge on any atom is -0.378 e. The molecule has 1 amide bonds. The van der Waals surface area contributed by atoms with Gasteiger partial charge in [0.25, 0.3) is 5.91 Å². The molecule has 3 rings (SSSR count). The first-order valence-electron chi connectivity index (χ1n) is 9.38. The van der Waals surface area contributed by atoms with Gasteiger partial charge in [-0.25, -0.2) is 0 Å². The Labute approximate surface area is 159 Å². The summed E-state index contributed by atoms with van der Waals surface area (Å²) < 4.78 is 7.60. The zero-order chi connectivity index (χ0) is 18.2. The molecular weight excluding hydrogens is 350 g/mol. The van der Waals surface area contributed by atoms with Crippen LogP contribution in [0.4, 0.5) is 0 Å². The van der Waals surface area contributed by atoms with Gasteiger partial charge in [0.1, 0.15) is 0 Å². The van der Waals surface area contributed by atoms with Crippen molar-refractivity contribution in [2.45, 2.75) is 51.2 Å². The van der Waals surface area contributed by atoms with Crippen LogP contribution >= 0.6 is 11.6 Å². The number of aromatic nitrogens is 2. The SMILES string of the molecule is O=C(NCCCOC1CCCCC1)c1cnn(Cc2ccccc2Cl)c1. The van der Waals surface area contributed by atoms with E-state index >= 15 is 0 Å². The quantitative estimate of drug-likeness (QED) is 0.708. The van der Waals surface area contributed by atoms with Crippen molar-refractivity contribution in [3.63, 3.8) is 0 Å². The fourth-order valence-corrected chi connectivity index (χ4v) is 3.42. The van der Waals surface area contributed by atoms with E-state index in [1.807, 2.05) is 24.3 Å². The Kier molecular flexibility index (Phi) is 7.09. The van der Waals surface area contributed by atoms with Crippen molar-refractivity contribution >= 4 is 17.5 Å². The Morgan fingerprint density at radius 1 is 1.27 bits per heavy atom. The van der Waals surface area contributed by atoms with Gasteiger partial charge in [-0.1, -0.05) is 49.1 Å². The topological polar surface area (TPSA) is 56.1 Å². The van der Waals surface area contributed by atoms with Crippen LogP contribution in [0, 0.1) is 0 Å². The fraction of sp³-hybridized carbons (Fsp3) is 0.500. The van der Waals surface area contributed by atoms with E-state index in [0.29, 0.717) is 36.4 Å². The maximum Gasteiger partial charge on any atom is 0.254 e. The number of nitrogens with one attached hydrogen (secondary N) is 1. The van der Waals surface area contributed by atoms with E-state index in [1.54, 1.807) is 17.1 Å². The maximum atomic E-state index is 12.2. The fourth-order valence-electron chi connectivity index (χ4n) is 3.23. The Bertz CT molecular complexity index is 711. The van der Waals surface area contributed by atoms with Gasteiger partial charge in [-0.3, -0.25) is 9.48 Å². The van der Waals surface area contributed by atoms with Crippen LogP contribution in [0.2, 0.25) is 5.02 Å². The van der Waals surface area contributed by atoms with Gasteiger partial charge in [-0.2, -0.15) is 5.10 Å². The van der Waals surface area contributed by atoms with Crippen LogP contribution < -0.4 is 5.32 Å². The summed E-state index contributed by atoms with van der Waals surface area (Å²) in [4.78, 5) is 12.2. The lowest BCUT2D eigenvalue weighted by Crippen LogP contribution is -2.26. The zero-order valence-electron chi connectivity index (χ0n) is 15.0. The minimum atomic E-state index is -0.104. The molecule has 1 aromatic heterocycles. The summed E-state index contributed by atoms with van der Waals surface area (Å²) in [6.45, 7) is 1.86. The second-order valence-electron chi connectivity index (χ2n) is 6.76. The van der Waals surface area contributed by atoms with Crippen molar-refractivity contribution in [2.75, 3.05) is 13.2 Å². The molecule has 0 atom stereocenters. The number of halogens is 1. The molecule has 1 saturated carbocycles. The van der Waals surface area contributed by atoms with E-state index < -0.39 is 0 Å². The van der Waals surface area contributed by atoms with Crippen molar-refractivity contribution in [2.24, 2.45) is 0 Å². The normalized spacial score (nSPS) is 15.1. The summed E-state index contributed by atoms with van der Waals surface area (Å²) in [5.74, 6) is -0.104. The number of rotatable bonds is 8. The first-order valence-corrected chi connectivity index (χ1v) is 9.76. The summed E-state index contributed by atoms with van der Waals surface area (Å²) in [6, 6.07) is 7.64. The van der Waals surface area contributed by atoms with E-state index in [4.69, 9.17) is 16.3 Å². The third-order valence-corrected chi connectivity index (χ3v) is 5.07. The summed E-state index contributed by atoms with van der Waals surface area (Å²) in [6.07, 6.45) is 10.8. The van der Waals surface area contributed by atoms with Crippen molar-refractivity contribution in [1.29, 1.82) is 0 Å². The number of hydrogen-bond donors (Lipinski definition) is 1. The molecular formula is C20H26ClN3O2. The van der Waals surface area contributed by atoms with Crippen molar-refractivity contribution in [1.82, 2.24) is 15.1 Å². The van der Waals surface area contributed by atoms with Gasteiger partial charge < -0.3 is 10.1 Å². The molecule has 1 aliphatic rings. The third-order valence-electron chi connectivity index (χ3n) is 4.70. The summed E-state index contributed by atoms with van der Waals surface area (Å²) in [7, 11) is 0. The number of benzene rings is 1. The Morgan fingerprint density at radius 2 is 2.08 bits per heavy atom. The molecule has 1 heterocycles. The molecule has 0 unspecified atom stereocenters. The molecule has 1 aliphatic carbocycles. The van der Waals surface area contributed by atoms with E-state index in [0.717, 1.165) is 12.0 Å². The first-order chi connectivity index (χ1) is 12.7. The Balaban J connectivity index is 1.38. The van der Waals surface area contributed by atoms with Crippen molar-refractivity contribution in [3.05, 3.63) is 52.8 Å². The Hall–Kier alpha value is -1.85. The lowest BCUT2D eigenvalue weighted by molar-refractivity contribution is 0.0273. The molecule has 0 bridgehead atoms. The molecule has 0 saturated heterocycles. The van der Waals surface area contributed by atoms with Gasteiger partial charge in [0.2, 0.25) is 0 Å². The summed E-state index contributed by atoms with van der Waals surface area (Å²) in [5.41, 5.74) is 1.54. The Morgan fingerprint density at radius 3 is 2.88 bits per heavy atom. The number of ether oxygens (including phenoxy) is 1.